The van der Waals surface area contributed by atoms with Crippen molar-refractivity contribution in [3.63, 3.8) is 0 Å². The van der Waals surface area contributed by atoms with Crippen LogP contribution in [0.3, 0.4) is 0 Å². The lowest BCUT2D eigenvalue weighted by Crippen LogP contribution is -2.56. The molecule has 0 aromatic heterocycles. The van der Waals surface area contributed by atoms with Crippen molar-refractivity contribution < 1.29 is 4.79 Å². The van der Waals surface area contributed by atoms with E-state index in [-0.39, 0.29) is 6.04 Å². The first kappa shape index (κ1) is 15.4. The lowest BCUT2D eigenvalue weighted by molar-refractivity contribution is -0.123. The van der Waals surface area contributed by atoms with E-state index >= 15 is 0 Å². The van der Waals surface area contributed by atoms with Crippen LogP contribution in [0.2, 0.25) is 0 Å². The highest BCUT2D eigenvalue weighted by molar-refractivity contribution is 5.83. The molecule has 4 heteroatoms. The Hall–Kier alpha value is -0.610. The van der Waals surface area contributed by atoms with Gasteiger partial charge in [0.2, 0.25) is 5.91 Å². The predicted molar refractivity (Wildman–Crippen MR) is 75.0 cm³/mol. The van der Waals surface area contributed by atoms with Crippen LogP contribution in [0, 0.1) is 11.8 Å². The molecular weight excluding hydrogens is 226 g/mol. The van der Waals surface area contributed by atoms with Crippen molar-refractivity contribution >= 4 is 5.91 Å². The Morgan fingerprint density at radius 1 is 1.44 bits per heavy atom. The van der Waals surface area contributed by atoms with Gasteiger partial charge >= 0.3 is 0 Å². The van der Waals surface area contributed by atoms with Gasteiger partial charge < -0.3 is 11.5 Å². The molecule has 0 saturated carbocycles. The number of hydrogen-bond acceptors (Lipinski definition) is 3. The Kier molecular flexibility index (Phi) is 4.78. The molecule has 5 atom stereocenters. The van der Waals surface area contributed by atoms with Gasteiger partial charge in [0.15, 0.2) is 0 Å². The molecule has 0 aliphatic carbocycles. The maximum atomic E-state index is 11.3. The van der Waals surface area contributed by atoms with Gasteiger partial charge in [-0.3, -0.25) is 9.69 Å². The van der Waals surface area contributed by atoms with Gasteiger partial charge in [0.05, 0.1) is 5.54 Å². The van der Waals surface area contributed by atoms with Crippen molar-refractivity contribution in [1.29, 1.82) is 0 Å². The molecule has 0 aromatic carbocycles. The molecule has 1 aliphatic rings. The normalized spacial score (nSPS) is 34.9. The van der Waals surface area contributed by atoms with E-state index in [9.17, 15) is 4.79 Å². The summed E-state index contributed by atoms with van der Waals surface area (Å²) in [7, 11) is 0. The number of hydrogen-bond donors (Lipinski definition) is 2. The average molecular weight is 255 g/mol. The fourth-order valence-electron chi connectivity index (χ4n) is 3.17. The number of piperidine rings is 1. The van der Waals surface area contributed by atoms with Gasteiger partial charge in [-0.25, -0.2) is 0 Å². The van der Waals surface area contributed by atoms with Crippen LogP contribution in [0.25, 0.3) is 0 Å². The lowest BCUT2D eigenvalue weighted by atomic mass is 9.83. The van der Waals surface area contributed by atoms with E-state index in [1.54, 1.807) is 6.92 Å². The van der Waals surface area contributed by atoms with Crippen LogP contribution in [0.1, 0.15) is 47.5 Å². The minimum absolute atomic E-state index is 0.285. The van der Waals surface area contributed by atoms with Crippen LogP contribution in [0.4, 0.5) is 0 Å². The molecule has 0 spiro atoms. The molecule has 1 fully saturated rings. The summed E-state index contributed by atoms with van der Waals surface area (Å²) < 4.78 is 0. The molecule has 4 N–H and O–H groups in total. The fraction of sp³-hybridized carbons (Fsp3) is 0.929. The first-order valence-corrected chi connectivity index (χ1v) is 6.99. The second-order valence-corrected chi connectivity index (χ2v) is 6.59. The quantitative estimate of drug-likeness (QED) is 0.796. The largest absolute Gasteiger partial charge is 0.368 e. The van der Waals surface area contributed by atoms with E-state index in [0.717, 1.165) is 6.54 Å². The number of amides is 1. The zero-order valence-corrected chi connectivity index (χ0v) is 12.4. The van der Waals surface area contributed by atoms with E-state index in [1.807, 2.05) is 0 Å². The summed E-state index contributed by atoms with van der Waals surface area (Å²) in [6, 6.07) is 0.826. The van der Waals surface area contributed by atoms with Crippen molar-refractivity contribution in [3.05, 3.63) is 0 Å². The van der Waals surface area contributed by atoms with Gasteiger partial charge in [-0.05, 0) is 45.4 Å². The highest BCUT2D eigenvalue weighted by atomic mass is 16.1. The second-order valence-electron chi connectivity index (χ2n) is 6.59. The van der Waals surface area contributed by atoms with Crippen LogP contribution < -0.4 is 11.5 Å². The monoisotopic (exact) mass is 255 g/mol. The maximum absolute atomic E-state index is 11.3. The van der Waals surface area contributed by atoms with Gasteiger partial charge in [-0.15, -0.1) is 0 Å². The van der Waals surface area contributed by atoms with Crippen LogP contribution in [-0.4, -0.2) is 35.0 Å². The summed E-state index contributed by atoms with van der Waals surface area (Å²) >= 11 is 0. The number of carbonyl (C=O) groups is 1. The standard InChI is InChI=1S/C14H29N3O/c1-9-6-10(2)12(4)17(8-9)11(3)7-14(5,16)13(15)18/h9-12H,6-8,16H2,1-5H3,(H2,15,18). The third-order valence-electron chi connectivity index (χ3n) is 4.49. The zero-order valence-electron chi connectivity index (χ0n) is 12.4. The second kappa shape index (κ2) is 5.57. The molecule has 5 unspecified atom stereocenters. The summed E-state index contributed by atoms with van der Waals surface area (Å²) in [6.45, 7) is 11.8. The molecular formula is C14H29N3O. The van der Waals surface area contributed by atoms with Gasteiger partial charge in [0.25, 0.3) is 0 Å². The van der Waals surface area contributed by atoms with E-state index in [4.69, 9.17) is 11.5 Å². The van der Waals surface area contributed by atoms with Crippen molar-refractivity contribution in [2.24, 2.45) is 23.3 Å². The van der Waals surface area contributed by atoms with Crippen LogP contribution >= 0.6 is 0 Å². The number of nitrogens with two attached hydrogens (primary N) is 2. The Bertz CT molecular complexity index is 303. The highest BCUT2D eigenvalue weighted by Crippen LogP contribution is 2.30. The number of likely N-dealkylation sites (tertiary alicyclic amines) is 1. The smallest absolute Gasteiger partial charge is 0.237 e. The van der Waals surface area contributed by atoms with E-state index in [0.29, 0.717) is 24.3 Å². The average Bonchev–Trinajstić information content (AvgIpc) is 2.22. The van der Waals surface area contributed by atoms with Crippen LogP contribution in [-0.2, 0) is 4.79 Å². The van der Waals surface area contributed by atoms with E-state index < -0.39 is 11.4 Å². The Morgan fingerprint density at radius 3 is 2.50 bits per heavy atom. The predicted octanol–water partition coefficient (Wildman–Crippen LogP) is 1.33. The molecule has 0 radical (unpaired) electrons. The molecule has 0 bridgehead atoms. The van der Waals surface area contributed by atoms with Crippen molar-refractivity contribution in [1.82, 2.24) is 4.90 Å². The molecule has 1 heterocycles. The van der Waals surface area contributed by atoms with Crippen LogP contribution in [0.5, 0.6) is 0 Å². The first-order chi connectivity index (χ1) is 8.15. The first-order valence-electron chi connectivity index (χ1n) is 6.99. The Labute approximate surface area is 111 Å². The number of carbonyl (C=O) groups excluding carboxylic acids is 1. The van der Waals surface area contributed by atoms with Crippen molar-refractivity contribution in [2.75, 3.05) is 6.54 Å². The molecule has 1 rings (SSSR count). The van der Waals surface area contributed by atoms with Gasteiger partial charge in [-0.2, -0.15) is 0 Å². The Balaban J connectivity index is 2.70. The minimum atomic E-state index is -0.914. The number of rotatable bonds is 4. The lowest BCUT2D eigenvalue weighted by Gasteiger charge is -2.45. The number of nitrogens with zero attached hydrogens (tertiary/aromatic N) is 1. The molecule has 1 saturated heterocycles. The highest BCUT2D eigenvalue weighted by Gasteiger charge is 2.35. The third-order valence-corrected chi connectivity index (χ3v) is 4.49. The topological polar surface area (TPSA) is 72.3 Å². The van der Waals surface area contributed by atoms with E-state index in [2.05, 4.69) is 32.6 Å². The summed E-state index contributed by atoms with van der Waals surface area (Å²) in [5.74, 6) is 0.977. The zero-order chi connectivity index (χ0) is 14.1. The van der Waals surface area contributed by atoms with Crippen molar-refractivity contribution in [2.45, 2.75) is 65.1 Å². The SMILES string of the molecule is CC1CC(C)C(C)N(C(C)CC(C)(N)C(N)=O)C1. The van der Waals surface area contributed by atoms with E-state index in [1.165, 1.54) is 6.42 Å². The molecule has 0 aromatic rings. The van der Waals surface area contributed by atoms with Gasteiger partial charge in [0, 0.05) is 18.6 Å². The molecule has 4 nitrogen and oxygen atoms in total. The summed E-state index contributed by atoms with van der Waals surface area (Å²) in [5.41, 5.74) is 10.4. The summed E-state index contributed by atoms with van der Waals surface area (Å²) in [6.07, 6.45) is 1.90. The molecule has 1 amide bonds. The molecule has 106 valence electrons. The molecule has 1 aliphatic heterocycles. The number of primary amides is 1. The summed E-state index contributed by atoms with van der Waals surface area (Å²) in [4.78, 5) is 13.8. The van der Waals surface area contributed by atoms with Crippen LogP contribution in [0.15, 0.2) is 0 Å². The third kappa shape index (κ3) is 3.45. The fourth-order valence-corrected chi connectivity index (χ4v) is 3.17. The summed E-state index contributed by atoms with van der Waals surface area (Å²) in [5, 5.41) is 0. The Morgan fingerprint density at radius 2 is 2.00 bits per heavy atom. The maximum Gasteiger partial charge on any atom is 0.237 e. The van der Waals surface area contributed by atoms with Crippen molar-refractivity contribution in [3.8, 4) is 0 Å². The van der Waals surface area contributed by atoms with Gasteiger partial charge in [0.1, 0.15) is 0 Å². The van der Waals surface area contributed by atoms with Gasteiger partial charge in [-0.1, -0.05) is 13.8 Å². The minimum Gasteiger partial charge on any atom is -0.368 e. The molecule has 18 heavy (non-hydrogen) atoms.